The molecule has 2 N–H and O–H groups in total. The molecule has 1 fully saturated rings. The summed E-state index contributed by atoms with van der Waals surface area (Å²) in [6.07, 6.45) is 3.47. The van der Waals surface area contributed by atoms with E-state index in [1.165, 1.54) is 12.0 Å². The maximum absolute atomic E-state index is 12.8. The molecule has 0 aliphatic heterocycles. The third-order valence-corrected chi connectivity index (χ3v) is 4.04. The lowest BCUT2D eigenvalue weighted by molar-refractivity contribution is 0.0587. The zero-order valence-corrected chi connectivity index (χ0v) is 12.2. The number of benzene rings is 1. The molecular formula is C16H24N2O. The van der Waals surface area contributed by atoms with E-state index >= 15 is 0 Å². The summed E-state index contributed by atoms with van der Waals surface area (Å²) in [5.41, 5.74) is 9.89. The van der Waals surface area contributed by atoms with Gasteiger partial charge < -0.3 is 10.6 Å². The maximum Gasteiger partial charge on any atom is 0.254 e. The minimum absolute atomic E-state index is 0.158. The molecule has 0 bridgehead atoms. The lowest BCUT2D eigenvalue weighted by atomic mass is 9.90. The molecule has 19 heavy (non-hydrogen) atoms. The van der Waals surface area contributed by atoms with Gasteiger partial charge in [0.1, 0.15) is 0 Å². The Labute approximate surface area is 115 Å². The minimum Gasteiger partial charge on any atom is -0.334 e. The predicted octanol–water partition coefficient (Wildman–Crippen LogP) is 2.57. The summed E-state index contributed by atoms with van der Waals surface area (Å²) in [6.45, 7) is 7.31. The van der Waals surface area contributed by atoms with E-state index in [-0.39, 0.29) is 5.91 Å². The standard InChI is InChI=1S/C16H24N2O/c1-11-9-12(2)15(13(3)10-11)16(19)18(8-7-17)14-5-4-6-14/h9-10,14H,4-8,17H2,1-3H3. The van der Waals surface area contributed by atoms with E-state index in [4.69, 9.17) is 5.73 Å². The molecule has 1 aromatic carbocycles. The van der Waals surface area contributed by atoms with Gasteiger partial charge in [0.15, 0.2) is 0 Å². The van der Waals surface area contributed by atoms with E-state index in [2.05, 4.69) is 19.1 Å². The first-order valence-electron chi connectivity index (χ1n) is 7.13. The van der Waals surface area contributed by atoms with Gasteiger partial charge in [-0.05, 0) is 51.2 Å². The van der Waals surface area contributed by atoms with Crippen molar-refractivity contribution in [3.05, 3.63) is 34.4 Å². The summed E-state index contributed by atoms with van der Waals surface area (Å²) in [7, 11) is 0. The van der Waals surface area contributed by atoms with Crippen molar-refractivity contribution in [2.24, 2.45) is 5.73 Å². The fraction of sp³-hybridized carbons (Fsp3) is 0.562. The van der Waals surface area contributed by atoms with E-state index in [0.717, 1.165) is 29.5 Å². The van der Waals surface area contributed by atoms with Crippen LogP contribution in [0.25, 0.3) is 0 Å². The van der Waals surface area contributed by atoms with Crippen molar-refractivity contribution in [3.8, 4) is 0 Å². The van der Waals surface area contributed by atoms with Crippen LogP contribution in [0.15, 0.2) is 12.1 Å². The van der Waals surface area contributed by atoms with Crippen molar-refractivity contribution in [2.45, 2.75) is 46.1 Å². The molecule has 104 valence electrons. The number of hydrogen-bond acceptors (Lipinski definition) is 2. The van der Waals surface area contributed by atoms with Crippen LogP contribution >= 0.6 is 0 Å². The van der Waals surface area contributed by atoms with Crippen LogP contribution in [0.2, 0.25) is 0 Å². The lowest BCUT2D eigenvalue weighted by Gasteiger charge is -2.38. The molecule has 3 nitrogen and oxygen atoms in total. The summed E-state index contributed by atoms with van der Waals surface area (Å²) in [4.78, 5) is 14.8. The Bertz CT molecular complexity index is 455. The van der Waals surface area contributed by atoms with Gasteiger partial charge in [-0.1, -0.05) is 17.7 Å². The molecule has 0 unspecified atom stereocenters. The van der Waals surface area contributed by atoms with Crippen LogP contribution < -0.4 is 5.73 Å². The Hall–Kier alpha value is -1.35. The smallest absolute Gasteiger partial charge is 0.254 e. The highest BCUT2D eigenvalue weighted by Crippen LogP contribution is 2.27. The molecule has 0 atom stereocenters. The molecule has 1 amide bonds. The lowest BCUT2D eigenvalue weighted by Crippen LogP contribution is -2.46. The second kappa shape index (κ2) is 5.74. The maximum atomic E-state index is 12.8. The first-order valence-corrected chi connectivity index (χ1v) is 7.13. The first-order chi connectivity index (χ1) is 9.04. The predicted molar refractivity (Wildman–Crippen MR) is 78.4 cm³/mol. The summed E-state index contributed by atoms with van der Waals surface area (Å²) in [5, 5.41) is 0. The zero-order chi connectivity index (χ0) is 14.0. The van der Waals surface area contributed by atoms with Crippen LogP contribution in [0.1, 0.15) is 46.3 Å². The molecule has 1 aliphatic rings. The fourth-order valence-electron chi connectivity index (χ4n) is 2.95. The van der Waals surface area contributed by atoms with Gasteiger partial charge in [-0.25, -0.2) is 0 Å². The van der Waals surface area contributed by atoms with E-state index < -0.39 is 0 Å². The summed E-state index contributed by atoms with van der Waals surface area (Å²) in [6, 6.07) is 4.57. The number of carbonyl (C=O) groups excluding carboxylic acids is 1. The molecule has 0 saturated heterocycles. The van der Waals surface area contributed by atoms with E-state index in [0.29, 0.717) is 19.1 Å². The van der Waals surface area contributed by atoms with Crippen LogP contribution in [-0.4, -0.2) is 29.9 Å². The first kappa shape index (κ1) is 14.1. The highest BCUT2D eigenvalue weighted by atomic mass is 16.2. The highest BCUT2D eigenvalue weighted by molar-refractivity contribution is 5.97. The molecule has 1 saturated carbocycles. The van der Waals surface area contributed by atoms with Gasteiger partial charge in [0.2, 0.25) is 0 Å². The Morgan fingerprint density at radius 1 is 1.26 bits per heavy atom. The molecular weight excluding hydrogens is 236 g/mol. The zero-order valence-electron chi connectivity index (χ0n) is 12.2. The number of rotatable bonds is 4. The third kappa shape index (κ3) is 2.81. The van der Waals surface area contributed by atoms with Gasteiger partial charge in [-0.2, -0.15) is 0 Å². The topological polar surface area (TPSA) is 46.3 Å². The molecule has 0 aromatic heterocycles. The third-order valence-electron chi connectivity index (χ3n) is 4.04. The number of nitrogens with two attached hydrogens (primary N) is 1. The van der Waals surface area contributed by atoms with Crippen molar-refractivity contribution < 1.29 is 4.79 Å². The van der Waals surface area contributed by atoms with Crippen LogP contribution in [0.5, 0.6) is 0 Å². The number of carbonyl (C=O) groups is 1. The molecule has 0 heterocycles. The SMILES string of the molecule is Cc1cc(C)c(C(=O)N(CCN)C2CCC2)c(C)c1. The van der Waals surface area contributed by atoms with Crippen LogP contribution in [0, 0.1) is 20.8 Å². The Kier molecular flexibility index (Phi) is 4.25. The van der Waals surface area contributed by atoms with E-state index in [1.54, 1.807) is 0 Å². The quantitative estimate of drug-likeness (QED) is 0.904. The van der Waals surface area contributed by atoms with Crippen LogP contribution in [0.3, 0.4) is 0 Å². The Morgan fingerprint density at radius 2 is 1.84 bits per heavy atom. The van der Waals surface area contributed by atoms with Crippen molar-refractivity contribution in [3.63, 3.8) is 0 Å². The fourth-order valence-corrected chi connectivity index (χ4v) is 2.95. The molecule has 1 aliphatic carbocycles. The van der Waals surface area contributed by atoms with Gasteiger partial charge in [0, 0.05) is 24.7 Å². The van der Waals surface area contributed by atoms with Gasteiger partial charge >= 0.3 is 0 Å². The second-order valence-electron chi connectivity index (χ2n) is 5.65. The Morgan fingerprint density at radius 3 is 2.26 bits per heavy atom. The van der Waals surface area contributed by atoms with Crippen molar-refractivity contribution in [2.75, 3.05) is 13.1 Å². The Balaban J connectivity index is 2.31. The summed E-state index contributed by atoms with van der Waals surface area (Å²) < 4.78 is 0. The summed E-state index contributed by atoms with van der Waals surface area (Å²) in [5.74, 6) is 0.158. The van der Waals surface area contributed by atoms with Crippen molar-refractivity contribution >= 4 is 5.91 Å². The van der Waals surface area contributed by atoms with Crippen molar-refractivity contribution in [1.82, 2.24) is 4.90 Å². The monoisotopic (exact) mass is 260 g/mol. The number of amides is 1. The van der Waals surface area contributed by atoms with Crippen LogP contribution in [-0.2, 0) is 0 Å². The molecule has 0 radical (unpaired) electrons. The minimum atomic E-state index is 0.158. The normalized spacial score (nSPS) is 15.2. The average molecular weight is 260 g/mol. The van der Waals surface area contributed by atoms with E-state index in [1.807, 2.05) is 18.7 Å². The molecule has 3 heteroatoms. The van der Waals surface area contributed by atoms with E-state index in [9.17, 15) is 4.79 Å². The van der Waals surface area contributed by atoms with Crippen molar-refractivity contribution in [1.29, 1.82) is 0 Å². The van der Waals surface area contributed by atoms with Gasteiger partial charge in [0.05, 0.1) is 0 Å². The summed E-state index contributed by atoms with van der Waals surface area (Å²) >= 11 is 0. The number of hydrogen-bond donors (Lipinski definition) is 1. The van der Waals surface area contributed by atoms with Gasteiger partial charge in [-0.15, -0.1) is 0 Å². The molecule has 0 spiro atoms. The molecule has 2 rings (SSSR count). The molecule has 1 aromatic rings. The van der Waals surface area contributed by atoms with Crippen LogP contribution in [0.4, 0.5) is 0 Å². The largest absolute Gasteiger partial charge is 0.334 e. The second-order valence-corrected chi connectivity index (χ2v) is 5.65. The highest BCUT2D eigenvalue weighted by Gasteiger charge is 2.30. The number of nitrogens with zero attached hydrogens (tertiary/aromatic N) is 1. The van der Waals surface area contributed by atoms with Gasteiger partial charge in [0.25, 0.3) is 5.91 Å². The van der Waals surface area contributed by atoms with Gasteiger partial charge in [-0.3, -0.25) is 4.79 Å². The average Bonchev–Trinajstić information content (AvgIpc) is 2.24. The number of aryl methyl sites for hydroxylation is 3.